The minimum atomic E-state index is -0.859. The van der Waals surface area contributed by atoms with Crippen molar-refractivity contribution in [2.24, 2.45) is 5.92 Å². The van der Waals surface area contributed by atoms with Crippen LogP contribution in [0.1, 0.15) is 53.8 Å². The van der Waals surface area contributed by atoms with E-state index < -0.39 is 11.9 Å². The lowest BCUT2D eigenvalue weighted by Gasteiger charge is -2.32. The summed E-state index contributed by atoms with van der Waals surface area (Å²) in [6, 6.07) is 13.3. The van der Waals surface area contributed by atoms with Crippen LogP contribution in [-0.4, -0.2) is 35.7 Å². The average molecular weight is 466 g/mol. The van der Waals surface area contributed by atoms with E-state index in [4.69, 9.17) is 8.83 Å². The quantitative estimate of drug-likeness (QED) is 0.448. The Morgan fingerprint density at radius 1 is 0.941 bits per heavy atom. The summed E-state index contributed by atoms with van der Waals surface area (Å²) in [5.74, 6) is -0.127. The van der Waals surface area contributed by atoms with Gasteiger partial charge in [-0.3, -0.25) is 14.4 Å². The highest BCUT2D eigenvalue weighted by atomic mass is 16.3. The summed E-state index contributed by atoms with van der Waals surface area (Å²) in [5.41, 5.74) is 1.74. The van der Waals surface area contributed by atoms with Crippen molar-refractivity contribution in [2.75, 3.05) is 13.1 Å². The van der Waals surface area contributed by atoms with Gasteiger partial charge in [0.2, 0.25) is 11.8 Å². The molecule has 0 bridgehead atoms. The number of rotatable bonds is 11. The maximum atomic E-state index is 13.4. The lowest BCUT2D eigenvalue weighted by molar-refractivity contribution is -0.140. The van der Waals surface area contributed by atoms with Crippen LogP contribution in [0.4, 0.5) is 0 Å². The lowest BCUT2D eigenvalue weighted by Crippen LogP contribution is -2.47. The van der Waals surface area contributed by atoms with Gasteiger partial charge in [0.15, 0.2) is 5.76 Å². The highest BCUT2D eigenvalue weighted by molar-refractivity contribution is 5.95. The Kier molecular flexibility index (Phi) is 8.67. The summed E-state index contributed by atoms with van der Waals surface area (Å²) in [6.07, 6.45) is 3.63. The van der Waals surface area contributed by atoms with Gasteiger partial charge in [0.1, 0.15) is 11.8 Å². The van der Waals surface area contributed by atoms with Gasteiger partial charge >= 0.3 is 0 Å². The van der Waals surface area contributed by atoms with Gasteiger partial charge in [0.25, 0.3) is 5.91 Å². The Labute approximate surface area is 199 Å². The number of benzene rings is 1. The first-order valence-corrected chi connectivity index (χ1v) is 11.3. The van der Waals surface area contributed by atoms with Gasteiger partial charge in [-0.1, -0.05) is 43.7 Å². The monoisotopic (exact) mass is 465 g/mol. The lowest BCUT2D eigenvalue weighted by atomic mass is 10.0. The Morgan fingerprint density at radius 3 is 2.26 bits per heavy atom. The zero-order chi connectivity index (χ0) is 24.5. The summed E-state index contributed by atoms with van der Waals surface area (Å²) in [5, 5.41) is 5.47. The van der Waals surface area contributed by atoms with E-state index in [0.717, 1.165) is 5.56 Å². The predicted molar refractivity (Wildman–Crippen MR) is 127 cm³/mol. The van der Waals surface area contributed by atoms with Crippen LogP contribution in [0.5, 0.6) is 0 Å². The van der Waals surface area contributed by atoms with Gasteiger partial charge in [0.05, 0.1) is 25.6 Å². The molecule has 0 saturated carbocycles. The number of nitrogens with zero attached hydrogens (tertiary/aromatic N) is 1. The molecular weight excluding hydrogens is 434 g/mol. The summed E-state index contributed by atoms with van der Waals surface area (Å²) in [7, 11) is 0. The number of hydrogen-bond donors (Lipinski definition) is 2. The van der Waals surface area contributed by atoms with E-state index in [-0.39, 0.29) is 30.7 Å². The fourth-order valence-corrected chi connectivity index (χ4v) is 3.45. The third-order valence-electron chi connectivity index (χ3n) is 5.38. The molecule has 3 rings (SSSR count). The van der Waals surface area contributed by atoms with Gasteiger partial charge in [-0.15, -0.1) is 0 Å². The second-order valence-electron chi connectivity index (χ2n) is 8.54. The highest BCUT2D eigenvalue weighted by Crippen LogP contribution is 2.24. The first-order chi connectivity index (χ1) is 16.3. The minimum Gasteiger partial charge on any atom is -0.467 e. The van der Waals surface area contributed by atoms with Crippen LogP contribution in [0.2, 0.25) is 0 Å². The van der Waals surface area contributed by atoms with E-state index in [1.54, 1.807) is 24.5 Å². The molecule has 1 atom stereocenters. The van der Waals surface area contributed by atoms with Crippen molar-refractivity contribution >= 4 is 17.7 Å². The average Bonchev–Trinajstić information content (AvgIpc) is 3.53. The number of carbonyl (C=O) groups excluding carboxylic acids is 3. The van der Waals surface area contributed by atoms with Gasteiger partial charge in [-0.2, -0.15) is 0 Å². The van der Waals surface area contributed by atoms with E-state index in [1.807, 2.05) is 31.2 Å². The number of amides is 3. The standard InChI is InChI=1S/C26H31N3O5/c1-18(2)12-13-29(23(30)17-28-25(31)22-7-5-15-34-22)24(20-10-8-19(3)9-11-20)26(32)27-16-21-6-4-14-33-21/h4-11,14-15,18,24H,12-13,16-17H2,1-3H3,(H,27,32)(H,28,31)/t24-/m0/s1. The number of nitrogens with one attached hydrogen (secondary N) is 2. The maximum absolute atomic E-state index is 13.4. The van der Waals surface area contributed by atoms with Crippen LogP contribution in [-0.2, 0) is 16.1 Å². The molecule has 8 heteroatoms. The van der Waals surface area contributed by atoms with Crippen molar-refractivity contribution < 1.29 is 23.2 Å². The molecule has 0 aliphatic carbocycles. The number of carbonyl (C=O) groups is 3. The molecular formula is C26H31N3O5. The topological polar surface area (TPSA) is 105 Å². The van der Waals surface area contributed by atoms with E-state index >= 15 is 0 Å². The van der Waals surface area contributed by atoms with Crippen molar-refractivity contribution in [2.45, 2.75) is 39.8 Å². The van der Waals surface area contributed by atoms with Gasteiger partial charge < -0.3 is 24.4 Å². The highest BCUT2D eigenvalue weighted by Gasteiger charge is 2.31. The SMILES string of the molecule is Cc1ccc([C@@H](C(=O)NCc2ccco2)N(CCC(C)C)C(=O)CNC(=O)c2ccco2)cc1. The Morgan fingerprint density at radius 2 is 1.65 bits per heavy atom. The Balaban J connectivity index is 1.83. The van der Waals surface area contributed by atoms with Crippen LogP contribution >= 0.6 is 0 Å². The molecule has 0 fully saturated rings. The molecule has 1 aromatic carbocycles. The second-order valence-corrected chi connectivity index (χ2v) is 8.54. The number of hydrogen-bond acceptors (Lipinski definition) is 5. The van der Waals surface area contributed by atoms with Gasteiger partial charge in [0, 0.05) is 6.54 Å². The van der Waals surface area contributed by atoms with E-state index in [0.29, 0.717) is 30.2 Å². The largest absolute Gasteiger partial charge is 0.467 e. The summed E-state index contributed by atoms with van der Waals surface area (Å²) < 4.78 is 10.4. The molecule has 2 heterocycles. The van der Waals surface area contributed by atoms with E-state index in [2.05, 4.69) is 24.5 Å². The van der Waals surface area contributed by atoms with Crippen molar-refractivity contribution in [3.8, 4) is 0 Å². The summed E-state index contributed by atoms with van der Waals surface area (Å²) >= 11 is 0. The second kappa shape index (κ2) is 11.9. The van der Waals surface area contributed by atoms with Crippen LogP contribution < -0.4 is 10.6 Å². The van der Waals surface area contributed by atoms with Crippen molar-refractivity contribution in [3.05, 3.63) is 83.7 Å². The molecule has 3 aromatic rings. The first kappa shape index (κ1) is 24.8. The zero-order valence-electron chi connectivity index (χ0n) is 19.7. The molecule has 0 aliphatic heterocycles. The fraction of sp³-hybridized carbons (Fsp3) is 0.346. The normalized spacial score (nSPS) is 11.8. The summed E-state index contributed by atoms with van der Waals surface area (Å²) in [4.78, 5) is 40.5. The van der Waals surface area contributed by atoms with Crippen molar-refractivity contribution in [3.63, 3.8) is 0 Å². The zero-order valence-corrected chi connectivity index (χ0v) is 19.7. The van der Waals surface area contributed by atoms with Crippen LogP contribution in [0.3, 0.4) is 0 Å². The number of aryl methyl sites for hydroxylation is 1. The Hall–Kier alpha value is -3.81. The molecule has 180 valence electrons. The van der Waals surface area contributed by atoms with Gasteiger partial charge in [-0.25, -0.2) is 0 Å². The summed E-state index contributed by atoms with van der Waals surface area (Å²) in [6.45, 7) is 6.38. The molecule has 0 radical (unpaired) electrons. The van der Waals surface area contributed by atoms with Crippen LogP contribution in [0.15, 0.2) is 69.9 Å². The third kappa shape index (κ3) is 6.84. The van der Waals surface area contributed by atoms with Crippen molar-refractivity contribution in [1.82, 2.24) is 15.5 Å². The van der Waals surface area contributed by atoms with Crippen LogP contribution in [0.25, 0.3) is 0 Å². The molecule has 0 spiro atoms. The maximum Gasteiger partial charge on any atom is 0.287 e. The van der Waals surface area contributed by atoms with Gasteiger partial charge in [-0.05, 0) is 49.1 Å². The third-order valence-corrected chi connectivity index (χ3v) is 5.38. The van der Waals surface area contributed by atoms with Crippen molar-refractivity contribution in [1.29, 1.82) is 0 Å². The van der Waals surface area contributed by atoms with E-state index in [9.17, 15) is 14.4 Å². The molecule has 2 aromatic heterocycles. The Bertz CT molecular complexity index is 1060. The molecule has 8 nitrogen and oxygen atoms in total. The molecule has 34 heavy (non-hydrogen) atoms. The molecule has 3 amide bonds. The predicted octanol–water partition coefficient (Wildman–Crippen LogP) is 3.84. The minimum absolute atomic E-state index is 0.118. The number of furan rings is 2. The molecule has 2 N–H and O–H groups in total. The van der Waals surface area contributed by atoms with Crippen LogP contribution in [0, 0.1) is 12.8 Å². The first-order valence-electron chi connectivity index (χ1n) is 11.3. The molecule has 0 unspecified atom stereocenters. The smallest absolute Gasteiger partial charge is 0.287 e. The fourth-order valence-electron chi connectivity index (χ4n) is 3.45. The van der Waals surface area contributed by atoms with E-state index in [1.165, 1.54) is 17.2 Å². The molecule has 0 saturated heterocycles. The molecule has 0 aliphatic rings.